The minimum atomic E-state index is 0.103. The highest BCUT2D eigenvalue weighted by Gasteiger charge is 2.30. The van der Waals surface area contributed by atoms with Crippen LogP contribution in [0.15, 0.2) is 53.1 Å². The molecule has 0 saturated carbocycles. The molecule has 0 bridgehead atoms. The summed E-state index contributed by atoms with van der Waals surface area (Å²) >= 11 is 6.05. The van der Waals surface area contributed by atoms with Gasteiger partial charge in [0.2, 0.25) is 17.6 Å². The van der Waals surface area contributed by atoms with Crippen molar-refractivity contribution in [3.63, 3.8) is 0 Å². The third-order valence-corrected chi connectivity index (χ3v) is 6.52. The van der Waals surface area contributed by atoms with E-state index in [9.17, 15) is 4.79 Å². The second kappa shape index (κ2) is 8.81. The zero-order valence-corrected chi connectivity index (χ0v) is 18.1. The molecule has 2 aromatic carbocycles. The summed E-state index contributed by atoms with van der Waals surface area (Å²) in [6.07, 6.45) is 2.69. The highest BCUT2D eigenvalue weighted by atomic mass is 35.5. The van der Waals surface area contributed by atoms with Gasteiger partial charge in [-0.25, -0.2) is 0 Å². The number of aromatic nitrogens is 2. The summed E-state index contributed by atoms with van der Waals surface area (Å²) in [4.78, 5) is 21.9. The molecule has 3 aromatic rings. The lowest BCUT2D eigenvalue weighted by atomic mass is 9.93. The van der Waals surface area contributed by atoms with Crippen molar-refractivity contribution < 1.29 is 9.32 Å². The number of fused-ring (bicyclic) bond motifs is 1. The van der Waals surface area contributed by atoms with E-state index in [0.717, 1.165) is 51.0 Å². The Balaban J connectivity index is 1.15. The van der Waals surface area contributed by atoms with Crippen molar-refractivity contribution in [2.45, 2.75) is 32.4 Å². The van der Waals surface area contributed by atoms with Gasteiger partial charge in [0.15, 0.2) is 0 Å². The largest absolute Gasteiger partial charge is 0.338 e. The first-order valence-corrected chi connectivity index (χ1v) is 11.2. The quantitative estimate of drug-likeness (QED) is 0.613. The standard InChI is InChI=1S/C24H25ClN4O2/c25-21-7-3-6-19(14-21)23-26-22(31-27-23)16-28-11-8-18(9-12-28)24(30)29-13-10-17-4-1-2-5-20(17)15-29/h1-7,14,18H,8-13,15-16H2. The fourth-order valence-electron chi connectivity index (χ4n) is 4.54. The van der Waals surface area contributed by atoms with Crippen LogP contribution in [-0.4, -0.2) is 45.5 Å². The number of nitrogens with zero attached hydrogens (tertiary/aromatic N) is 4. The first-order chi connectivity index (χ1) is 15.2. The highest BCUT2D eigenvalue weighted by Crippen LogP contribution is 2.26. The van der Waals surface area contributed by atoms with Crippen LogP contribution in [0.3, 0.4) is 0 Å². The third-order valence-electron chi connectivity index (χ3n) is 6.29. The lowest BCUT2D eigenvalue weighted by molar-refractivity contribution is -0.138. The Hall–Kier alpha value is -2.70. The molecule has 0 radical (unpaired) electrons. The number of amides is 1. The molecule has 31 heavy (non-hydrogen) atoms. The second-order valence-electron chi connectivity index (χ2n) is 8.35. The van der Waals surface area contributed by atoms with Crippen molar-refractivity contribution in [2.24, 2.45) is 5.92 Å². The van der Waals surface area contributed by atoms with Gasteiger partial charge in [0, 0.05) is 29.6 Å². The molecule has 3 heterocycles. The number of benzene rings is 2. The van der Waals surface area contributed by atoms with E-state index in [1.54, 1.807) is 0 Å². The summed E-state index contributed by atoms with van der Waals surface area (Å²) < 4.78 is 5.44. The smallest absolute Gasteiger partial charge is 0.241 e. The summed E-state index contributed by atoms with van der Waals surface area (Å²) in [6.45, 7) is 3.88. The molecule has 1 saturated heterocycles. The van der Waals surface area contributed by atoms with Crippen molar-refractivity contribution in [1.29, 1.82) is 0 Å². The van der Waals surface area contributed by atoms with Crippen molar-refractivity contribution in [1.82, 2.24) is 19.9 Å². The van der Waals surface area contributed by atoms with Crippen molar-refractivity contribution >= 4 is 17.5 Å². The van der Waals surface area contributed by atoms with Crippen LogP contribution in [0.5, 0.6) is 0 Å². The van der Waals surface area contributed by atoms with Crippen LogP contribution in [0.4, 0.5) is 0 Å². The van der Waals surface area contributed by atoms with Crippen LogP contribution in [0.2, 0.25) is 5.02 Å². The molecule has 1 amide bonds. The average molecular weight is 437 g/mol. The first-order valence-electron chi connectivity index (χ1n) is 10.8. The summed E-state index contributed by atoms with van der Waals surface area (Å²) in [5, 5.41) is 4.73. The van der Waals surface area contributed by atoms with E-state index in [1.807, 2.05) is 29.2 Å². The van der Waals surface area contributed by atoms with Gasteiger partial charge in [-0.3, -0.25) is 9.69 Å². The van der Waals surface area contributed by atoms with Gasteiger partial charge in [-0.2, -0.15) is 4.98 Å². The predicted octanol–water partition coefficient (Wildman–Crippen LogP) is 4.19. The Labute approximate surface area is 186 Å². The lowest BCUT2D eigenvalue weighted by Gasteiger charge is -2.35. The molecule has 160 valence electrons. The van der Waals surface area contributed by atoms with Crippen LogP contribution in [0.25, 0.3) is 11.4 Å². The van der Waals surface area contributed by atoms with Gasteiger partial charge in [0.05, 0.1) is 6.54 Å². The van der Waals surface area contributed by atoms with Gasteiger partial charge in [-0.05, 0) is 55.6 Å². The number of carbonyl (C=O) groups is 1. The summed E-state index contributed by atoms with van der Waals surface area (Å²) in [5.74, 6) is 1.54. The Morgan fingerprint density at radius 1 is 1.06 bits per heavy atom. The van der Waals surface area contributed by atoms with Crippen LogP contribution >= 0.6 is 11.6 Å². The van der Waals surface area contributed by atoms with E-state index >= 15 is 0 Å². The third kappa shape index (κ3) is 4.50. The maximum absolute atomic E-state index is 13.1. The number of carbonyl (C=O) groups excluding carboxylic acids is 1. The van der Waals surface area contributed by atoms with Crippen molar-refractivity contribution in [2.75, 3.05) is 19.6 Å². The molecule has 0 N–H and O–H groups in total. The Bertz CT molecular complexity index is 1070. The van der Waals surface area contributed by atoms with Crippen LogP contribution in [-0.2, 0) is 24.3 Å². The minimum Gasteiger partial charge on any atom is -0.338 e. The molecule has 0 atom stereocenters. The molecular formula is C24H25ClN4O2. The van der Waals surface area contributed by atoms with Crippen LogP contribution in [0.1, 0.15) is 29.9 Å². The Morgan fingerprint density at radius 3 is 2.68 bits per heavy atom. The van der Waals surface area contributed by atoms with Gasteiger partial charge in [0.25, 0.3) is 0 Å². The highest BCUT2D eigenvalue weighted by molar-refractivity contribution is 6.30. The van der Waals surface area contributed by atoms with Gasteiger partial charge in [0.1, 0.15) is 0 Å². The first kappa shape index (κ1) is 20.2. The predicted molar refractivity (Wildman–Crippen MR) is 118 cm³/mol. The molecular weight excluding hydrogens is 412 g/mol. The Morgan fingerprint density at radius 2 is 1.87 bits per heavy atom. The SMILES string of the molecule is O=C(C1CCN(Cc2nc(-c3cccc(Cl)c3)no2)CC1)N1CCc2ccccc2C1. The molecule has 1 fully saturated rings. The molecule has 0 aliphatic carbocycles. The minimum absolute atomic E-state index is 0.103. The fraction of sp³-hybridized carbons (Fsp3) is 0.375. The van der Waals surface area contributed by atoms with Crippen LogP contribution in [0, 0.1) is 5.92 Å². The van der Waals surface area contributed by atoms with E-state index in [0.29, 0.717) is 29.2 Å². The molecule has 5 rings (SSSR count). The van der Waals surface area contributed by atoms with Gasteiger partial charge < -0.3 is 9.42 Å². The molecule has 1 aromatic heterocycles. The maximum Gasteiger partial charge on any atom is 0.241 e. The fourth-order valence-corrected chi connectivity index (χ4v) is 4.73. The van der Waals surface area contributed by atoms with E-state index in [2.05, 4.69) is 39.3 Å². The summed E-state index contributed by atoms with van der Waals surface area (Å²) in [6, 6.07) is 15.9. The van der Waals surface area contributed by atoms with E-state index < -0.39 is 0 Å². The lowest BCUT2D eigenvalue weighted by Crippen LogP contribution is -2.44. The normalized spacial score (nSPS) is 17.5. The topological polar surface area (TPSA) is 62.5 Å². The molecule has 2 aliphatic rings. The monoisotopic (exact) mass is 436 g/mol. The Kier molecular flexibility index (Phi) is 5.74. The number of hydrogen-bond donors (Lipinski definition) is 0. The van der Waals surface area contributed by atoms with E-state index in [-0.39, 0.29) is 5.92 Å². The average Bonchev–Trinajstić information content (AvgIpc) is 3.27. The number of piperidine rings is 1. The van der Waals surface area contributed by atoms with Gasteiger partial charge in [-0.1, -0.05) is 53.2 Å². The molecule has 2 aliphatic heterocycles. The molecule has 7 heteroatoms. The summed E-state index contributed by atoms with van der Waals surface area (Å²) in [7, 11) is 0. The number of rotatable bonds is 4. The number of likely N-dealkylation sites (tertiary alicyclic amines) is 1. The molecule has 6 nitrogen and oxygen atoms in total. The second-order valence-corrected chi connectivity index (χ2v) is 8.79. The van der Waals surface area contributed by atoms with Crippen molar-refractivity contribution in [3.8, 4) is 11.4 Å². The van der Waals surface area contributed by atoms with Gasteiger partial charge in [-0.15, -0.1) is 0 Å². The zero-order valence-electron chi connectivity index (χ0n) is 17.3. The van der Waals surface area contributed by atoms with Gasteiger partial charge >= 0.3 is 0 Å². The van der Waals surface area contributed by atoms with Crippen molar-refractivity contribution in [3.05, 3.63) is 70.6 Å². The van der Waals surface area contributed by atoms with E-state index in [1.165, 1.54) is 11.1 Å². The molecule has 0 spiro atoms. The summed E-state index contributed by atoms with van der Waals surface area (Å²) in [5.41, 5.74) is 3.50. The van der Waals surface area contributed by atoms with E-state index in [4.69, 9.17) is 16.1 Å². The van der Waals surface area contributed by atoms with Crippen LogP contribution < -0.4 is 0 Å². The number of hydrogen-bond acceptors (Lipinski definition) is 5. The zero-order chi connectivity index (χ0) is 21.2. The maximum atomic E-state index is 13.1. The number of halogens is 1. The molecule has 0 unspecified atom stereocenters.